The maximum Gasteiger partial charge on any atom is 0.326 e. The summed E-state index contributed by atoms with van der Waals surface area (Å²) in [7, 11) is 0. The lowest BCUT2D eigenvalue weighted by Gasteiger charge is -2.18. The van der Waals surface area contributed by atoms with Crippen LogP contribution in [0.5, 0.6) is 0 Å². The Morgan fingerprint density at radius 3 is 2.24 bits per heavy atom. The third kappa shape index (κ3) is 10.6. The lowest BCUT2D eigenvalue weighted by molar-refractivity contribution is -0.140. The van der Waals surface area contributed by atoms with Crippen LogP contribution in [0.25, 0.3) is 0 Å². The van der Waals surface area contributed by atoms with Gasteiger partial charge in [0.1, 0.15) is 6.04 Å². The maximum absolute atomic E-state index is 11.7. The van der Waals surface area contributed by atoms with Crippen LogP contribution in [0.15, 0.2) is 0 Å². The number of aliphatic carboxylic acids is 2. The second-order valence-electron chi connectivity index (χ2n) is 4.98. The summed E-state index contributed by atoms with van der Waals surface area (Å²) in [5, 5.41) is 22.5. The third-order valence-electron chi connectivity index (χ3n) is 2.96. The van der Waals surface area contributed by atoms with Gasteiger partial charge in [0, 0.05) is 12.5 Å². The Labute approximate surface area is 124 Å². The number of urea groups is 1. The molecule has 0 aliphatic heterocycles. The van der Waals surface area contributed by atoms with Gasteiger partial charge in [-0.2, -0.15) is 0 Å². The van der Waals surface area contributed by atoms with Gasteiger partial charge in [0.05, 0.1) is 0 Å². The van der Waals surface area contributed by atoms with Gasteiger partial charge >= 0.3 is 18.0 Å². The Hall–Kier alpha value is -1.83. The van der Waals surface area contributed by atoms with Crippen LogP contribution in [0.1, 0.15) is 45.4 Å². The van der Waals surface area contributed by atoms with E-state index in [0.29, 0.717) is 6.54 Å². The minimum Gasteiger partial charge on any atom is -0.481 e. The molecule has 0 saturated carbocycles. The second-order valence-corrected chi connectivity index (χ2v) is 4.98. The van der Waals surface area contributed by atoms with E-state index in [1.165, 1.54) is 0 Å². The zero-order valence-corrected chi connectivity index (χ0v) is 12.3. The minimum atomic E-state index is -1.17. The standard InChI is InChI=1S/C13H25N3O5/c1-9(5-2-3-8-14)15-13(21)16-10(12(19)20)6-4-7-11(17)18/h9-10H,2-8,14H2,1H3,(H,17,18)(H,19,20)(H2,15,16,21)/t9-,10-/m1/s1. The summed E-state index contributed by atoms with van der Waals surface area (Å²) < 4.78 is 0. The molecular formula is C13H25N3O5. The summed E-state index contributed by atoms with van der Waals surface area (Å²) in [5.41, 5.74) is 5.38. The molecule has 21 heavy (non-hydrogen) atoms. The Bertz CT molecular complexity index is 349. The van der Waals surface area contributed by atoms with E-state index < -0.39 is 24.0 Å². The average Bonchev–Trinajstić information content (AvgIpc) is 2.37. The molecule has 0 fully saturated rings. The SMILES string of the molecule is C[C@H](CCCCN)NC(=O)N[C@H](CCCC(=O)O)C(=O)O. The van der Waals surface area contributed by atoms with Gasteiger partial charge in [-0.25, -0.2) is 9.59 Å². The van der Waals surface area contributed by atoms with Crippen LogP contribution < -0.4 is 16.4 Å². The molecule has 0 spiro atoms. The summed E-state index contributed by atoms with van der Waals surface area (Å²) in [4.78, 5) is 33.1. The molecule has 2 amide bonds. The van der Waals surface area contributed by atoms with Crippen molar-refractivity contribution < 1.29 is 24.6 Å². The molecule has 0 aromatic heterocycles. The molecule has 122 valence electrons. The second kappa shape index (κ2) is 10.9. The molecule has 0 saturated heterocycles. The van der Waals surface area contributed by atoms with Gasteiger partial charge in [-0.1, -0.05) is 6.42 Å². The Morgan fingerprint density at radius 2 is 1.71 bits per heavy atom. The Morgan fingerprint density at radius 1 is 1.05 bits per heavy atom. The molecule has 8 heteroatoms. The zero-order valence-electron chi connectivity index (χ0n) is 12.3. The van der Waals surface area contributed by atoms with E-state index in [1.807, 2.05) is 6.92 Å². The summed E-state index contributed by atoms with van der Waals surface area (Å²) in [6, 6.07) is -1.72. The first-order valence-electron chi connectivity index (χ1n) is 7.08. The quantitative estimate of drug-likeness (QED) is 0.352. The predicted molar refractivity (Wildman–Crippen MR) is 76.9 cm³/mol. The number of hydrogen-bond donors (Lipinski definition) is 5. The summed E-state index contributed by atoms with van der Waals surface area (Å²) in [6.45, 7) is 2.43. The van der Waals surface area contributed by atoms with Crippen molar-refractivity contribution in [3.63, 3.8) is 0 Å². The number of carbonyl (C=O) groups is 3. The fourth-order valence-corrected chi connectivity index (χ4v) is 1.81. The Kier molecular flexibility index (Phi) is 9.95. The first kappa shape index (κ1) is 19.2. The fourth-order valence-electron chi connectivity index (χ4n) is 1.81. The van der Waals surface area contributed by atoms with Crippen molar-refractivity contribution in [2.24, 2.45) is 5.73 Å². The number of carbonyl (C=O) groups excluding carboxylic acids is 1. The molecule has 0 bridgehead atoms. The minimum absolute atomic E-state index is 0.0787. The summed E-state index contributed by atoms with van der Waals surface area (Å²) in [5.74, 6) is -2.16. The van der Waals surface area contributed by atoms with Crippen LogP contribution in [0.3, 0.4) is 0 Å². The molecule has 6 N–H and O–H groups in total. The molecule has 0 aromatic carbocycles. The van der Waals surface area contributed by atoms with Crippen molar-refractivity contribution in [3.05, 3.63) is 0 Å². The number of rotatable bonds is 11. The molecule has 0 rings (SSSR count). The van der Waals surface area contributed by atoms with Crippen molar-refractivity contribution in [3.8, 4) is 0 Å². The molecule has 0 heterocycles. The molecule has 2 atom stereocenters. The lowest BCUT2D eigenvalue weighted by Crippen LogP contribution is -2.48. The highest BCUT2D eigenvalue weighted by molar-refractivity contribution is 5.82. The normalized spacial score (nSPS) is 13.2. The van der Waals surface area contributed by atoms with Crippen molar-refractivity contribution in [2.75, 3.05) is 6.54 Å². The van der Waals surface area contributed by atoms with Gasteiger partial charge in [0.25, 0.3) is 0 Å². The molecule has 0 radical (unpaired) electrons. The van der Waals surface area contributed by atoms with E-state index in [1.54, 1.807) is 0 Å². The van der Waals surface area contributed by atoms with Crippen molar-refractivity contribution in [1.82, 2.24) is 10.6 Å². The van der Waals surface area contributed by atoms with E-state index in [-0.39, 0.29) is 25.3 Å². The van der Waals surface area contributed by atoms with E-state index >= 15 is 0 Å². The Balaban J connectivity index is 4.10. The number of nitrogens with one attached hydrogen (secondary N) is 2. The zero-order chi connectivity index (χ0) is 16.3. The van der Waals surface area contributed by atoms with Crippen LogP contribution in [0.2, 0.25) is 0 Å². The molecule has 0 aliphatic carbocycles. The number of nitrogens with two attached hydrogens (primary N) is 1. The number of amides is 2. The molecule has 0 unspecified atom stereocenters. The van der Waals surface area contributed by atoms with E-state index in [9.17, 15) is 14.4 Å². The first-order chi connectivity index (χ1) is 9.86. The van der Waals surface area contributed by atoms with Crippen LogP contribution in [0, 0.1) is 0 Å². The monoisotopic (exact) mass is 303 g/mol. The van der Waals surface area contributed by atoms with Gasteiger partial charge in [-0.15, -0.1) is 0 Å². The molecule has 0 aromatic rings. The lowest BCUT2D eigenvalue weighted by atomic mass is 10.1. The van der Waals surface area contributed by atoms with Crippen LogP contribution in [0.4, 0.5) is 4.79 Å². The summed E-state index contributed by atoms with van der Waals surface area (Å²) in [6.07, 6.45) is 2.68. The average molecular weight is 303 g/mol. The van der Waals surface area contributed by atoms with E-state index in [4.69, 9.17) is 15.9 Å². The topological polar surface area (TPSA) is 142 Å². The number of unbranched alkanes of at least 4 members (excludes halogenated alkanes) is 1. The largest absolute Gasteiger partial charge is 0.481 e. The number of carboxylic acids is 2. The van der Waals surface area contributed by atoms with Crippen LogP contribution >= 0.6 is 0 Å². The summed E-state index contributed by atoms with van der Waals surface area (Å²) >= 11 is 0. The van der Waals surface area contributed by atoms with Crippen LogP contribution in [-0.4, -0.2) is 46.8 Å². The van der Waals surface area contributed by atoms with Gasteiger partial charge in [-0.05, 0) is 39.2 Å². The van der Waals surface area contributed by atoms with Gasteiger partial charge in [-0.3, -0.25) is 4.79 Å². The molecule has 8 nitrogen and oxygen atoms in total. The highest BCUT2D eigenvalue weighted by Gasteiger charge is 2.20. The first-order valence-corrected chi connectivity index (χ1v) is 7.08. The van der Waals surface area contributed by atoms with Gasteiger partial charge in [0.2, 0.25) is 0 Å². The van der Waals surface area contributed by atoms with Crippen molar-refractivity contribution >= 4 is 18.0 Å². The van der Waals surface area contributed by atoms with E-state index in [0.717, 1.165) is 19.3 Å². The fraction of sp³-hybridized carbons (Fsp3) is 0.769. The highest BCUT2D eigenvalue weighted by atomic mass is 16.4. The molecule has 0 aliphatic rings. The number of carboxylic acid groups (broad SMARTS) is 2. The van der Waals surface area contributed by atoms with Crippen molar-refractivity contribution in [1.29, 1.82) is 0 Å². The van der Waals surface area contributed by atoms with Crippen LogP contribution in [-0.2, 0) is 9.59 Å². The van der Waals surface area contributed by atoms with Gasteiger partial charge in [0.15, 0.2) is 0 Å². The molecular weight excluding hydrogens is 278 g/mol. The van der Waals surface area contributed by atoms with Gasteiger partial charge < -0.3 is 26.6 Å². The maximum atomic E-state index is 11.7. The highest BCUT2D eigenvalue weighted by Crippen LogP contribution is 2.03. The van der Waals surface area contributed by atoms with Crippen molar-refractivity contribution in [2.45, 2.75) is 57.5 Å². The number of hydrogen-bond acceptors (Lipinski definition) is 4. The smallest absolute Gasteiger partial charge is 0.326 e. The predicted octanol–water partition coefficient (Wildman–Crippen LogP) is 0.511. The third-order valence-corrected chi connectivity index (χ3v) is 2.96. The van der Waals surface area contributed by atoms with E-state index in [2.05, 4.69) is 10.6 Å².